The van der Waals surface area contributed by atoms with Crippen LogP contribution in [-0.2, 0) is 6.54 Å². The fraction of sp³-hybridized carbons (Fsp3) is 0.556. The average Bonchev–Trinajstić information content (AvgIpc) is 2.59. The Labute approximate surface area is 77.2 Å². The fourth-order valence-electron chi connectivity index (χ4n) is 1.08. The minimum Gasteiger partial charge on any atom is -0.390 e. The first-order valence-electron chi connectivity index (χ1n) is 4.32. The van der Waals surface area contributed by atoms with E-state index in [1.807, 2.05) is 0 Å². The highest BCUT2D eigenvalue weighted by Crippen LogP contribution is 2.03. The summed E-state index contributed by atoms with van der Waals surface area (Å²) in [5, 5.41) is 15.4. The molecule has 0 aliphatic carbocycles. The molecule has 0 fully saturated rings. The molecule has 0 spiro atoms. The summed E-state index contributed by atoms with van der Waals surface area (Å²) in [4.78, 5) is 0. The molecule has 0 amide bonds. The van der Waals surface area contributed by atoms with Gasteiger partial charge in [-0.1, -0.05) is 6.92 Å². The van der Waals surface area contributed by atoms with Crippen LogP contribution in [0, 0.1) is 0 Å². The minimum atomic E-state index is 0.278. The van der Waals surface area contributed by atoms with Crippen LogP contribution in [0.25, 0.3) is 0 Å². The Morgan fingerprint density at radius 1 is 1.67 bits per heavy atom. The molecule has 0 aliphatic rings. The van der Waals surface area contributed by atoms with E-state index in [9.17, 15) is 0 Å². The van der Waals surface area contributed by atoms with Crippen LogP contribution in [0.15, 0.2) is 16.8 Å². The largest absolute Gasteiger partial charge is 0.390 e. The van der Waals surface area contributed by atoms with Crippen molar-refractivity contribution in [3.63, 3.8) is 0 Å². The van der Waals surface area contributed by atoms with Crippen LogP contribution in [0.5, 0.6) is 0 Å². The quantitative estimate of drug-likeness (QED) is 0.693. The molecular formula is C9H16NOS+. The van der Waals surface area contributed by atoms with Crippen molar-refractivity contribution in [3.05, 3.63) is 22.4 Å². The molecule has 0 saturated carbocycles. The summed E-state index contributed by atoms with van der Waals surface area (Å²) in [6.07, 6.45) is 1.03. The minimum absolute atomic E-state index is 0.278. The lowest BCUT2D eigenvalue weighted by Crippen LogP contribution is -2.89. The molecule has 68 valence electrons. The highest BCUT2D eigenvalue weighted by molar-refractivity contribution is 7.07. The maximum atomic E-state index is 8.93. The van der Waals surface area contributed by atoms with Gasteiger partial charge in [0.25, 0.3) is 0 Å². The Kier molecular flexibility index (Phi) is 4.29. The van der Waals surface area contributed by atoms with E-state index in [1.54, 1.807) is 11.3 Å². The maximum Gasteiger partial charge on any atom is 0.109 e. The van der Waals surface area contributed by atoms with E-state index in [0.717, 1.165) is 13.0 Å². The number of quaternary nitrogens is 1. The molecule has 0 aromatic carbocycles. The van der Waals surface area contributed by atoms with Gasteiger partial charge in [0.05, 0.1) is 6.61 Å². The van der Waals surface area contributed by atoms with Gasteiger partial charge in [-0.25, -0.2) is 0 Å². The van der Waals surface area contributed by atoms with Crippen LogP contribution in [0.3, 0.4) is 0 Å². The van der Waals surface area contributed by atoms with Crippen molar-refractivity contribution < 1.29 is 10.4 Å². The predicted molar refractivity (Wildman–Crippen MR) is 51.1 cm³/mol. The van der Waals surface area contributed by atoms with Gasteiger partial charge in [0.1, 0.15) is 12.6 Å². The second-order valence-electron chi connectivity index (χ2n) is 2.92. The summed E-state index contributed by atoms with van der Waals surface area (Å²) in [6, 6.07) is 2.50. The second kappa shape index (κ2) is 5.30. The third-order valence-corrected chi connectivity index (χ3v) is 2.76. The molecule has 0 aliphatic heterocycles. The summed E-state index contributed by atoms with van der Waals surface area (Å²) in [7, 11) is 0. The number of nitrogens with two attached hydrogens (primary N) is 1. The summed E-state index contributed by atoms with van der Waals surface area (Å²) >= 11 is 1.72. The molecule has 1 rings (SSSR count). The van der Waals surface area contributed by atoms with Gasteiger partial charge in [0.15, 0.2) is 0 Å². The SMILES string of the molecule is CC[C@H](CO)[NH2+]Cc1ccsc1. The smallest absolute Gasteiger partial charge is 0.109 e. The summed E-state index contributed by atoms with van der Waals surface area (Å²) in [6.45, 7) is 3.37. The van der Waals surface area contributed by atoms with Crippen molar-refractivity contribution in [2.45, 2.75) is 25.9 Å². The van der Waals surface area contributed by atoms with Crippen molar-refractivity contribution in [1.82, 2.24) is 0 Å². The second-order valence-corrected chi connectivity index (χ2v) is 3.70. The zero-order chi connectivity index (χ0) is 8.81. The van der Waals surface area contributed by atoms with E-state index in [-0.39, 0.29) is 6.61 Å². The first-order chi connectivity index (χ1) is 5.86. The Hall–Kier alpha value is -0.380. The molecule has 1 aromatic heterocycles. The Morgan fingerprint density at radius 3 is 3.00 bits per heavy atom. The molecule has 1 heterocycles. The van der Waals surface area contributed by atoms with Crippen LogP contribution in [0.1, 0.15) is 18.9 Å². The number of hydrogen-bond donors (Lipinski definition) is 2. The molecule has 3 N–H and O–H groups in total. The van der Waals surface area contributed by atoms with Gasteiger partial charge in [-0.05, 0) is 23.2 Å². The highest BCUT2D eigenvalue weighted by Gasteiger charge is 2.06. The van der Waals surface area contributed by atoms with E-state index in [2.05, 4.69) is 29.1 Å². The molecular weight excluding hydrogens is 170 g/mol. The van der Waals surface area contributed by atoms with Crippen LogP contribution >= 0.6 is 11.3 Å². The standard InChI is InChI=1S/C9H15NOS/c1-2-9(6-11)10-5-8-3-4-12-7-8/h3-4,7,9-11H,2,5-6H2,1H3/p+1/t9-/m1/s1. The molecule has 3 heteroatoms. The molecule has 0 saturated heterocycles. The highest BCUT2D eigenvalue weighted by atomic mass is 32.1. The molecule has 1 atom stereocenters. The summed E-state index contributed by atoms with van der Waals surface area (Å²) in [5.74, 6) is 0. The fourth-order valence-corrected chi connectivity index (χ4v) is 1.76. The van der Waals surface area contributed by atoms with Gasteiger partial charge in [-0.2, -0.15) is 11.3 Å². The molecule has 12 heavy (non-hydrogen) atoms. The lowest BCUT2D eigenvalue weighted by Gasteiger charge is -2.09. The lowest BCUT2D eigenvalue weighted by molar-refractivity contribution is -0.706. The maximum absolute atomic E-state index is 8.93. The third-order valence-electron chi connectivity index (χ3n) is 2.03. The number of rotatable bonds is 5. The number of hydrogen-bond acceptors (Lipinski definition) is 2. The monoisotopic (exact) mass is 186 g/mol. The van der Waals surface area contributed by atoms with E-state index >= 15 is 0 Å². The van der Waals surface area contributed by atoms with Gasteiger partial charge >= 0.3 is 0 Å². The van der Waals surface area contributed by atoms with E-state index in [1.165, 1.54) is 5.56 Å². The van der Waals surface area contributed by atoms with Crippen molar-refractivity contribution >= 4 is 11.3 Å². The van der Waals surface area contributed by atoms with Gasteiger partial charge in [0, 0.05) is 5.56 Å². The molecule has 1 aromatic rings. The first-order valence-corrected chi connectivity index (χ1v) is 5.26. The topological polar surface area (TPSA) is 36.8 Å². The van der Waals surface area contributed by atoms with E-state index in [0.29, 0.717) is 6.04 Å². The summed E-state index contributed by atoms with van der Waals surface area (Å²) < 4.78 is 0. The zero-order valence-electron chi connectivity index (χ0n) is 7.36. The normalized spacial score (nSPS) is 13.2. The average molecular weight is 186 g/mol. The van der Waals surface area contributed by atoms with Crippen LogP contribution in [-0.4, -0.2) is 17.8 Å². The van der Waals surface area contributed by atoms with Gasteiger partial charge < -0.3 is 10.4 Å². The lowest BCUT2D eigenvalue weighted by atomic mass is 10.2. The van der Waals surface area contributed by atoms with Crippen LogP contribution in [0.4, 0.5) is 0 Å². The summed E-state index contributed by atoms with van der Waals surface area (Å²) in [5.41, 5.74) is 1.35. The van der Waals surface area contributed by atoms with E-state index in [4.69, 9.17) is 5.11 Å². The van der Waals surface area contributed by atoms with Crippen molar-refractivity contribution in [2.24, 2.45) is 0 Å². The van der Waals surface area contributed by atoms with Gasteiger partial charge in [-0.15, -0.1) is 0 Å². The predicted octanol–water partition coefficient (Wildman–Crippen LogP) is 0.582. The molecule has 0 bridgehead atoms. The number of aliphatic hydroxyl groups excluding tert-OH is 1. The Bertz CT molecular complexity index is 194. The Balaban J connectivity index is 2.25. The van der Waals surface area contributed by atoms with Gasteiger partial charge in [-0.3, -0.25) is 0 Å². The van der Waals surface area contributed by atoms with Gasteiger partial charge in [0.2, 0.25) is 0 Å². The van der Waals surface area contributed by atoms with Crippen LogP contribution in [0.2, 0.25) is 0 Å². The van der Waals surface area contributed by atoms with Crippen molar-refractivity contribution in [3.8, 4) is 0 Å². The zero-order valence-corrected chi connectivity index (χ0v) is 8.18. The van der Waals surface area contributed by atoms with Crippen molar-refractivity contribution in [2.75, 3.05) is 6.61 Å². The molecule has 0 radical (unpaired) electrons. The number of thiophene rings is 1. The first kappa shape index (κ1) is 9.71. The van der Waals surface area contributed by atoms with E-state index < -0.39 is 0 Å². The molecule has 2 nitrogen and oxygen atoms in total. The Morgan fingerprint density at radius 2 is 2.50 bits per heavy atom. The van der Waals surface area contributed by atoms with Crippen LogP contribution < -0.4 is 5.32 Å². The number of aliphatic hydroxyl groups is 1. The van der Waals surface area contributed by atoms with Crippen molar-refractivity contribution in [1.29, 1.82) is 0 Å². The molecule has 0 unspecified atom stereocenters. The third kappa shape index (κ3) is 2.93.